The van der Waals surface area contributed by atoms with Crippen LogP contribution >= 0.6 is 0 Å². The predicted octanol–water partition coefficient (Wildman–Crippen LogP) is 3.41. The Labute approximate surface area is 98.3 Å². The minimum absolute atomic E-state index is 0.226. The van der Waals surface area contributed by atoms with Gasteiger partial charge in [-0.15, -0.1) is 0 Å². The molecule has 0 aromatic heterocycles. The highest BCUT2D eigenvalue weighted by atomic mass is 19.1. The zero-order valence-corrected chi connectivity index (χ0v) is 8.97. The summed E-state index contributed by atoms with van der Waals surface area (Å²) in [5.41, 5.74) is 1.16. The molecule has 2 aromatic rings. The van der Waals surface area contributed by atoms with Gasteiger partial charge in [0.15, 0.2) is 11.5 Å². The fraction of sp³-hybridized carbons (Fsp3) is 0. The van der Waals surface area contributed by atoms with Crippen molar-refractivity contribution < 1.29 is 14.6 Å². The Morgan fingerprint density at radius 3 is 2.24 bits per heavy atom. The molecular weight excluding hydrogens is 219 g/mol. The minimum atomic E-state index is -0.576. The summed E-state index contributed by atoms with van der Waals surface area (Å²) >= 11 is 0. The molecule has 0 bridgehead atoms. The van der Waals surface area contributed by atoms with Crippen molar-refractivity contribution in [2.45, 2.75) is 0 Å². The Bertz CT molecular complexity index is 548. The molecule has 0 unspecified atom stereocenters. The van der Waals surface area contributed by atoms with Crippen molar-refractivity contribution >= 4 is 12.2 Å². The molecule has 0 aliphatic heterocycles. The summed E-state index contributed by atoms with van der Waals surface area (Å²) < 4.78 is 13.4. The molecule has 0 saturated carbocycles. The lowest BCUT2D eigenvalue weighted by Gasteiger charge is -2.01. The summed E-state index contributed by atoms with van der Waals surface area (Å²) in [7, 11) is 0. The van der Waals surface area contributed by atoms with E-state index in [-0.39, 0.29) is 11.3 Å². The van der Waals surface area contributed by atoms with Gasteiger partial charge in [-0.25, -0.2) is 4.39 Å². The van der Waals surface area contributed by atoms with E-state index in [0.29, 0.717) is 0 Å². The Kier molecular flexibility index (Phi) is 3.10. The van der Waals surface area contributed by atoms with Crippen LogP contribution in [0.4, 0.5) is 4.39 Å². The van der Waals surface area contributed by atoms with Crippen molar-refractivity contribution in [2.24, 2.45) is 0 Å². The zero-order valence-electron chi connectivity index (χ0n) is 8.97. The molecule has 2 nitrogen and oxygen atoms in total. The summed E-state index contributed by atoms with van der Waals surface area (Å²) in [6, 6.07) is 11.5. The summed E-state index contributed by atoms with van der Waals surface area (Å²) in [5.74, 6) is -1.37. The lowest BCUT2D eigenvalue weighted by Crippen LogP contribution is -1.82. The molecule has 0 amide bonds. The van der Waals surface area contributed by atoms with Crippen LogP contribution in [-0.2, 0) is 0 Å². The Balaban J connectivity index is 2.31. The van der Waals surface area contributed by atoms with Crippen molar-refractivity contribution in [3.8, 4) is 11.5 Å². The number of hydrogen-bond acceptors (Lipinski definition) is 2. The Hall–Kier alpha value is -2.29. The average Bonchev–Trinajstić information content (AvgIpc) is 2.33. The van der Waals surface area contributed by atoms with Gasteiger partial charge in [0.05, 0.1) is 0 Å². The number of rotatable bonds is 2. The van der Waals surface area contributed by atoms with Crippen LogP contribution in [0.2, 0.25) is 0 Å². The van der Waals surface area contributed by atoms with E-state index in [9.17, 15) is 9.50 Å². The van der Waals surface area contributed by atoms with Crippen molar-refractivity contribution in [2.75, 3.05) is 0 Å². The van der Waals surface area contributed by atoms with Gasteiger partial charge in [-0.1, -0.05) is 42.5 Å². The molecule has 0 fully saturated rings. The Morgan fingerprint density at radius 2 is 1.53 bits per heavy atom. The van der Waals surface area contributed by atoms with Gasteiger partial charge < -0.3 is 10.2 Å². The first kappa shape index (κ1) is 11.2. The smallest absolute Gasteiger partial charge is 0.160 e. The van der Waals surface area contributed by atoms with Gasteiger partial charge >= 0.3 is 0 Å². The van der Waals surface area contributed by atoms with Crippen molar-refractivity contribution in [1.29, 1.82) is 0 Å². The van der Waals surface area contributed by atoms with Crippen LogP contribution in [-0.4, -0.2) is 10.2 Å². The van der Waals surface area contributed by atoms with Gasteiger partial charge in [0.25, 0.3) is 0 Å². The standard InChI is InChI=1S/C14H11FO2/c15-12-9-14(17)13(16)8-11(12)7-6-10-4-2-1-3-5-10/h1-9,16-17H/b7-6+. The van der Waals surface area contributed by atoms with E-state index in [1.807, 2.05) is 30.3 Å². The monoisotopic (exact) mass is 230 g/mol. The highest BCUT2D eigenvalue weighted by Crippen LogP contribution is 2.28. The minimum Gasteiger partial charge on any atom is -0.504 e. The van der Waals surface area contributed by atoms with Crippen LogP contribution < -0.4 is 0 Å². The molecule has 2 rings (SSSR count). The van der Waals surface area contributed by atoms with E-state index < -0.39 is 11.6 Å². The molecule has 3 heteroatoms. The van der Waals surface area contributed by atoms with E-state index in [2.05, 4.69) is 0 Å². The van der Waals surface area contributed by atoms with E-state index in [0.717, 1.165) is 11.6 Å². The fourth-order valence-corrected chi connectivity index (χ4v) is 1.45. The first-order valence-corrected chi connectivity index (χ1v) is 5.11. The molecule has 86 valence electrons. The van der Waals surface area contributed by atoms with Crippen LogP contribution in [0.3, 0.4) is 0 Å². The second kappa shape index (κ2) is 4.70. The lowest BCUT2D eigenvalue weighted by atomic mass is 10.1. The lowest BCUT2D eigenvalue weighted by molar-refractivity contribution is 0.399. The third-order valence-electron chi connectivity index (χ3n) is 2.35. The summed E-state index contributed by atoms with van der Waals surface area (Å²) in [6.07, 6.45) is 3.28. The maximum Gasteiger partial charge on any atom is 0.160 e. The van der Waals surface area contributed by atoms with Gasteiger partial charge in [-0.3, -0.25) is 0 Å². The van der Waals surface area contributed by atoms with E-state index >= 15 is 0 Å². The highest BCUT2D eigenvalue weighted by molar-refractivity contribution is 5.71. The van der Waals surface area contributed by atoms with E-state index in [1.54, 1.807) is 12.2 Å². The number of halogens is 1. The van der Waals surface area contributed by atoms with Gasteiger partial charge in [-0.05, 0) is 11.6 Å². The van der Waals surface area contributed by atoms with Crippen LogP contribution in [0.1, 0.15) is 11.1 Å². The average molecular weight is 230 g/mol. The van der Waals surface area contributed by atoms with Crippen molar-refractivity contribution in [3.63, 3.8) is 0 Å². The summed E-state index contributed by atoms with van der Waals surface area (Å²) in [6.45, 7) is 0. The third kappa shape index (κ3) is 2.64. The van der Waals surface area contributed by atoms with Gasteiger partial charge in [0, 0.05) is 11.6 Å². The van der Waals surface area contributed by atoms with Gasteiger partial charge in [-0.2, -0.15) is 0 Å². The van der Waals surface area contributed by atoms with Crippen LogP contribution in [0, 0.1) is 5.82 Å². The topological polar surface area (TPSA) is 40.5 Å². The van der Waals surface area contributed by atoms with Crippen LogP contribution in [0.25, 0.3) is 12.2 Å². The molecule has 17 heavy (non-hydrogen) atoms. The molecule has 0 atom stereocenters. The van der Waals surface area contributed by atoms with Crippen molar-refractivity contribution in [1.82, 2.24) is 0 Å². The molecule has 2 aromatic carbocycles. The number of phenols is 2. The second-order valence-corrected chi connectivity index (χ2v) is 3.61. The third-order valence-corrected chi connectivity index (χ3v) is 2.35. The van der Waals surface area contributed by atoms with E-state index in [4.69, 9.17) is 5.11 Å². The van der Waals surface area contributed by atoms with Crippen LogP contribution in [0.5, 0.6) is 11.5 Å². The van der Waals surface area contributed by atoms with Crippen LogP contribution in [0.15, 0.2) is 42.5 Å². The molecule has 0 saturated heterocycles. The molecule has 0 aliphatic carbocycles. The molecule has 0 heterocycles. The fourth-order valence-electron chi connectivity index (χ4n) is 1.45. The van der Waals surface area contributed by atoms with E-state index in [1.165, 1.54) is 6.07 Å². The SMILES string of the molecule is Oc1cc(F)c(/C=C/c2ccccc2)cc1O. The number of hydrogen-bond donors (Lipinski definition) is 2. The molecule has 0 radical (unpaired) electrons. The first-order chi connectivity index (χ1) is 8.16. The molecule has 0 spiro atoms. The quantitative estimate of drug-likeness (QED) is 0.613. The first-order valence-electron chi connectivity index (χ1n) is 5.11. The Morgan fingerprint density at radius 1 is 0.882 bits per heavy atom. The zero-order chi connectivity index (χ0) is 12.3. The largest absolute Gasteiger partial charge is 0.504 e. The van der Waals surface area contributed by atoms with Crippen molar-refractivity contribution in [3.05, 3.63) is 59.4 Å². The van der Waals surface area contributed by atoms with Gasteiger partial charge in [0.2, 0.25) is 0 Å². The molecular formula is C14H11FO2. The maximum atomic E-state index is 13.4. The normalized spacial score (nSPS) is 10.9. The number of benzene rings is 2. The van der Waals surface area contributed by atoms with Gasteiger partial charge in [0.1, 0.15) is 5.82 Å². The second-order valence-electron chi connectivity index (χ2n) is 3.61. The number of aromatic hydroxyl groups is 2. The summed E-state index contributed by atoms with van der Waals surface area (Å²) in [4.78, 5) is 0. The predicted molar refractivity (Wildman–Crippen MR) is 65.1 cm³/mol. The molecule has 2 N–H and O–H groups in total. The molecule has 0 aliphatic rings. The number of phenolic OH excluding ortho intramolecular Hbond substituents is 2. The maximum absolute atomic E-state index is 13.4. The highest BCUT2D eigenvalue weighted by Gasteiger charge is 2.05. The summed E-state index contributed by atoms with van der Waals surface area (Å²) in [5, 5.41) is 18.4.